The number of hydrogen-bond acceptors (Lipinski definition) is 10. The smallest absolute Gasteiger partial charge is 0.245 e. The van der Waals surface area contributed by atoms with Crippen LogP contribution in [0.4, 0.5) is 14.5 Å². The summed E-state index contributed by atoms with van der Waals surface area (Å²) in [6.07, 6.45) is -1.08. The number of amides is 4. The number of benzene rings is 2. The molecule has 6 rings (SSSR count). The van der Waals surface area contributed by atoms with Gasteiger partial charge in [-0.1, -0.05) is 13.8 Å². The Morgan fingerprint density at radius 2 is 1.36 bits per heavy atom. The van der Waals surface area contributed by atoms with Crippen LogP contribution in [0.25, 0.3) is 10.9 Å². The van der Waals surface area contributed by atoms with Crippen molar-refractivity contribution in [2.45, 2.75) is 120 Å². The fourth-order valence-electron chi connectivity index (χ4n) is 8.79. The van der Waals surface area contributed by atoms with Crippen LogP contribution >= 0.6 is 0 Å². The van der Waals surface area contributed by atoms with Gasteiger partial charge in [-0.3, -0.25) is 24.0 Å². The van der Waals surface area contributed by atoms with Gasteiger partial charge in [0.25, 0.3) is 0 Å². The lowest BCUT2D eigenvalue weighted by Gasteiger charge is -2.36. The van der Waals surface area contributed by atoms with Crippen LogP contribution < -0.4 is 26.6 Å². The summed E-state index contributed by atoms with van der Waals surface area (Å²) in [5.41, 5.74) is -0.170. The van der Waals surface area contributed by atoms with E-state index in [9.17, 15) is 38.2 Å². The molecular formula is C42H56F2N8O7. The lowest BCUT2D eigenvalue weighted by molar-refractivity contribution is -0.138. The van der Waals surface area contributed by atoms with Gasteiger partial charge in [-0.2, -0.15) is 0 Å². The number of rotatable bonds is 15. The van der Waals surface area contributed by atoms with E-state index in [0.29, 0.717) is 22.2 Å². The molecule has 3 aliphatic rings. The maximum Gasteiger partial charge on any atom is 0.245 e. The molecule has 2 fully saturated rings. The molecule has 3 aliphatic heterocycles. The summed E-state index contributed by atoms with van der Waals surface area (Å²) in [5.74, 6) is -3.18. The lowest BCUT2D eigenvalue weighted by Crippen LogP contribution is -2.54. The Labute approximate surface area is 342 Å². The van der Waals surface area contributed by atoms with Crippen LogP contribution in [0.2, 0.25) is 0 Å². The van der Waals surface area contributed by atoms with Crippen LogP contribution in [-0.2, 0) is 31.1 Å². The zero-order chi connectivity index (χ0) is 42.9. The van der Waals surface area contributed by atoms with Gasteiger partial charge >= 0.3 is 0 Å². The third-order valence-electron chi connectivity index (χ3n) is 12.3. The fraction of sp³-hybridized carbons (Fsp3) is 0.548. The van der Waals surface area contributed by atoms with Gasteiger partial charge in [0.15, 0.2) is 5.78 Å². The number of aliphatic hydroxyl groups is 2. The van der Waals surface area contributed by atoms with Gasteiger partial charge in [-0.15, -0.1) is 0 Å². The summed E-state index contributed by atoms with van der Waals surface area (Å²) >= 11 is 0. The molecule has 8 N–H and O–H groups in total. The Balaban J connectivity index is 1.43. The predicted molar refractivity (Wildman–Crippen MR) is 216 cm³/mol. The number of nitrogens with zero attached hydrogens (tertiary/aromatic N) is 2. The molecule has 0 aliphatic carbocycles. The average Bonchev–Trinajstić information content (AvgIpc) is 3.95. The van der Waals surface area contributed by atoms with Crippen molar-refractivity contribution >= 4 is 46.0 Å². The predicted octanol–water partition coefficient (Wildman–Crippen LogP) is 1.81. The third-order valence-corrected chi connectivity index (χ3v) is 12.3. The number of anilines is 1. The number of β-amino-alcohol motifs (C(OH)–C–C–N with tert-alkyl or cyclic N) is 2. The number of aromatic nitrogens is 1. The highest BCUT2D eigenvalue weighted by Gasteiger charge is 2.53. The molecule has 1 aromatic heterocycles. The molecule has 15 nitrogen and oxygen atoms in total. The number of aliphatic hydroxyl groups excluding tert-OH is 2. The van der Waals surface area contributed by atoms with Crippen LogP contribution in [0, 0.1) is 11.6 Å². The van der Waals surface area contributed by atoms with Crippen LogP contribution in [0.1, 0.15) is 81.4 Å². The van der Waals surface area contributed by atoms with E-state index in [1.807, 2.05) is 0 Å². The quantitative estimate of drug-likeness (QED) is 0.112. The Morgan fingerprint density at radius 3 is 1.92 bits per heavy atom. The molecule has 9 atom stereocenters. The molecule has 0 unspecified atom stereocenters. The second-order valence-electron chi connectivity index (χ2n) is 16.2. The van der Waals surface area contributed by atoms with E-state index in [2.05, 4.69) is 31.6 Å². The molecule has 3 aromatic rings. The number of likely N-dealkylation sites (N-methyl/N-ethyl adjacent to an activating group) is 2. The first-order valence-electron chi connectivity index (χ1n) is 20.4. The summed E-state index contributed by atoms with van der Waals surface area (Å²) in [6, 6.07) is 3.56. The number of fused-ring (bicyclic) bond motifs is 2. The Morgan fingerprint density at radius 1 is 0.831 bits per heavy atom. The number of carbonyl (C=O) groups excluding carboxylic acids is 5. The number of H-pyrrole nitrogens is 1. The van der Waals surface area contributed by atoms with E-state index >= 15 is 4.79 Å². The van der Waals surface area contributed by atoms with Gasteiger partial charge < -0.3 is 51.6 Å². The number of aromatic amines is 1. The Kier molecular flexibility index (Phi) is 13.1. The van der Waals surface area contributed by atoms with Crippen molar-refractivity contribution < 1.29 is 43.0 Å². The molecule has 0 spiro atoms. The maximum absolute atomic E-state index is 15.0. The van der Waals surface area contributed by atoms with Crippen molar-refractivity contribution in [2.24, 2.45) is 0 Å². The van der Waals surface area contributed by atoms with E-state index < -0.39 is 77.3 Å². The number of likely N-dealkylation sites (tertiary alicyclic amines) is 2. The second kappa shape index (κ2) is 17.7. The van der Waals surface area contributed by atoms with Crippen LogP contribution in [0.5, 0.6) is 0 Å². The molecule has 0 radical (unpaired) electrons. The molecule has 4 amide bonds. The zero-order valence-electron chi connectivity index (χ0n) is 34.3. The first kappa shape index (κ1) is 43.6. The molecule has 2 aromatic carbocycles. The minimum absolute atomic E-state index is 0.00389. The monoisotopic (exact) mass is 822 g/mol. The summed E-state index contributed by atoms with van der Waals surface area (Å²) < 4.78 is 29.8. The normalized spacial score (nSPS) is 24.7. The van der Waals surface area contributed by atoms with E-state index in [0.717, 1.165) is 0 Å². The van der Waals surface area contributed by atoms with Crippen molar-refractivity contribution in [1.29, 1.82) is 0 Å². The van der Waals surface area contributed by atoms with Gasteiger partial charge in [0.1, 0.15) is 29.3 Å². The molecule has 4 heterocycles. The molecule has 320 valence electrons. The minimum Gasteiger partial charge on any atom is -0.391 e. The van der Waals surface area contributed by atoms with E-state index in [-0.39, 0.29) is 80.6 Å². The molecular weight excluding hydrogens is 767 g/mol. The summed E-state index contributed by atoms with van der Waals surface area (Å²) in [7, 11) is 3.26. The largest absolute Gasteiger partial charge is 0.391 e. The van der Waals surface area contributed by atoms with Crippen molar-refractivity contribution in [3.8, 4) is 0 Å². The van der Waals surface area contributed by atoms with Crippen LogP contribution in [0.15, 0.2) is 36.4 Å². The summed E-state index contributed by atoms with van der Waals surface area (Å²) in [5, 5.41) is 37.2. The zero-order valence-corrected chi connectivity index (χ0v) is 34.3. The van der Waals surface area contributed by atoms with Gasteiger partial charge in [-0.25, -0.2) is 8.78 Å². The maximum atomic E-state index is 15.0. The van der Waals surface area contributed by atoms with E-state index in [1.165, 1.54) is 40.1 Å². The number of Topliss-reactive ketones (excluding diaryl/α,β-unsaturated/α-hetero) is 1. The highest BCUT2D eigenvalue weighted by atomic mass is 19.1. The molecule has 17 heteroatoms. The van der Waals surface area contributed by atoms with Gasteiger partial charge in [-0.05, 0) is 102 Å². The van der Waals surface area contributed by atoms with Gasteiger partial charge in [0, 0.05) is 53.7 Å². The number of carbonyl (C=O) groups is 5. The van der Waals surface area contributed by atoms with Gasteiger partial charge in [0.2, 0.25) is 23.6 Å². The average molecular weight is 823 g/mol. The minimum atomic E-state index is -1.73. The third kappa shape index (κ3) is 8.56. The lowest BCUT2D eigenvalue weighted by atomic mass is 9.80. The Bertz CT molecular complexity index is 2100. The SMILES string of the molecule is CC[C@H](NC(=O)[C@H](C)NC)C(=O)N1C[C@@H](O)C[C@H]1Cc1c([C@]2(C[C@@H]3C[C@H](O)CN3C(=O)[C@H](CC)NC(=O)[C@H](C)NC)Nc3cc(F)ccc3C2=O)[nH]c2cc(F)ccc12. The molecule has 59 heavy (non-hydrogen) atoms. The number of hydrogen-bond donors (Lipinski definition) is 8. The number of nitrogens with one attached hydrogen (secondary N) is 6. The first-order valence-corrected chi connectivity index (χ1v) is 20.4. The van der Waals surface area contributed by atoms with Crippen LogP contribution in [-0.4, -0.2) is 130 Å². The number of halogens is 2. The van der Waals surface area contributed by atoms with Crippen molar-refractivity contribution in [2.75, 3.05) is 32.5 Å². The van der Waals surface area contributed by atoms with Crippen LogP contribution in [0.3, 0.4) is 0 Å². The molecule has 0 bridgehead atoms. The summed E-state index contributed by atoms with van der Waals surface area (Å²) in [4.78, 5) is 75.4. The fourth-order valence-corrected chi connectivity index (χ4v) is 8.79. The standard InChI is InChI=1S/C42H56F2N8O7/c1-7-32(48-38(56)21(3)45-5)40(58)51-19-27(53)15-25(51)17-31-29-11-9-23(43)13-34(29)47-36(31)42(37(55)30-12-10-24(44)14-35(30)50-42)18-26-16-28(54)20-52(26)41(59)33(8-2)49-39(57)22(4)46-6/h9-14,21-22,25-28,32-33,45-47,50,53-54H,7-8,15-20H2,1-6H3,(H,48,56)(H,49,57)/t21-,22-,25-,26-,27-,28-,32-,33-,42-/m0/s1. The number of ketones is 1. The highest BCUT2D eigenvalue weighted by Crippen LogP contribution is 2.47. The molecule has 0 saturated carbocycles. The molecule has 2 saturated heterocycles. The first-order chi connectivity index (χ1) is 28.0. The van der Waals surface area contributed by atoms with Crippen molar-refractivity contribution in [3.05, 3.63) is 64.9 Å². The van der Waals surface area contributed by atoms with Crippen molar-refractivity contribution in [1.82, 2.24) is 36.1 Å². The topological polar surface area (TPSA) is 208 Å². The van der Waals surface area contributed by atoms with E-state index in [1.54, 1.807) is 47.9 Å². The second-order valence-corrected chi connectivity index (χ2v) is 16.2. The van der Waals surface area contributed by atoms with Crippen molar-refractivity contribution in [3.63, 3.8) is 0 Å². The highest BCUT2D eigenvalue weighted by molar-refractivity contribution is 6.14. The summed E-state index contributed by atoms with van der Waals surface area (Å²) in [6.45, 7) is 6.80. The van der Waals surface area contributed by atoms with E-state index in [4.69, 9.17) is 0 Å². The Hall–Kier alpha value is -4.97. The van der Waals surface area contributed by atoms with Gasteiger partial charge in [0.05, 0.1) is 30.0 Å².